The average Bonchev–Trinajstić information content (AvgIpc) is 2.51. The average molecular weight is 369 g/mol. The van der Waals surface area contributed by atoms with Gasteiger partial charge in [-0.25, -0.2) is 14.4 Å². The second kappa shape index (κ2) is 6.77. The molecule has 0 saturated carbocycles. The van der Waals surface area contributed by atoms with E-state index in [0.717, 1.165) is 17.4 Å². The van der Waals surface area contributed by atoms with Crippen molar-refractivity contribution >= 4 is 17.4 Å². The molecule has 138 valence electrons. The van der Waals surface area contributed by atoms with Crippen LogP contribution in [-0.4, -0.2) is 41.3 Å². The molecule has 0 atom stereocenters. The summed E-state index contributed by atoms with van der Waals surface area (Å²) < 4.78 is 50.9. The summed E-state index contributed by atoms with van der Waals surface area (Å²) in [7, 11) is 0. The molecule has 1 aliphatic rings. The highest BCUT2D eigenvalue weighted by Gasteiger charge is 2.29. The number of amides is 1. The Balaban J connectivity index is 1.74. The van der Waals surface area contributed by atoms with E-state index in [9.17, 15) is 22.4 Å². The van der Waals surface area contributed by atoms with Gasteiger partial charge < -0.3 is 10.2 Å². The van der Waals surface area contributed by atoms with Crippen LogP contribution in [-0.2, 0) is 4.79 Å². The first-order valence-corrected chi connectivity index (χ1v) is 7.70. The van der Waals surface area contributed by atoms with Crippen LogP contribution in [0.15, 0.2) is 30.6 Å². The molecule has 1 saturated heterocycles. The van der Waals surface area contributed by atoms with Crippen LogP contribution in [0.5, 0.6) is 0 Å². The molecule has 26 heavy (non-hydrogen) atoms. The molecule has 2 aromatic rings. The van der Waals surface area contributed by atoms with E-state index >= 15 is 0 Å². The maximum Gasteiger partial charge on any atom is 0.482 e. The van der Waals surface area contributed by atoms with Gasteiger partial charge in [-0.05, 0) is 12.1 Å². The first kappa shape index (κ1) is 17.9. The molecule has 2 heterocycles. The van der Waals surface area contributed by atoms with Crippen molar-refractivity contribution in [3.05, 3.63) is 36.4 Å². The van der Waals surface area contributed by atoms with Gasteiger partial charge in [0, 0.05) is 31.6 Å². The molecule has 6 nitrogen and oxygen atoms in total. The van der Waals surface area contributed by atoms with E-state index in [1.807, 2.05) is 4.90 Å². The lowest BCUT2D eigenvalue weighted by Crippen LogP contribution is -2.59. The summed E-state index contributed by atoms with van der Waals surface area (Å²) in [4.78, 5) is 21.1. The number of rotatable bonds is 4. The van der Waals surface area contributed by atoms with Crippen LogP contribution in [0.2, 0.25) is 0 Å². The number of alkyl halides is 3. The summed E-state index contributed by atoms with van der Waals surface area (Å²) >= 11 is 0. The van der Waals surface area contributed by atoms with Crippen LogP contribution < -0.4 is 15.5 Å². The number of benzene rings is 1. The predicted molar refractivity (Wildman–Crippen MR) is 86.9 cm³/mol. The molecular formula is C16H15F4N5O. The van der Waals surface area contributed by atoms with E-state index in [1.165, 1.54) is 19.3 Å². The number of hydrogen-bond donors (Lipinski definition) is 2. The van der Waals surface area contributed by atoms with Crippen LogP contribution in [0.4, 0.5) is 29.1 Å². The molecule has 0 spiro atoms. The Morgan fingerprint density at radius 1 is 1.23 bits per heavy atom. The minimum Gasteiger partial charge on any atom is -0.352 e. The van der Waals surface area contributed by atoms with Gasteiger partial charge in [0.25, 0.3) is 0 Å². The molecule has 10 heteroatoms. The van der Waals surface area contributed by atoms with E-state index in [0.29, 0.717) is 30.2 Å². The van der Waals surface area contributed by atoms with Crippen molar-refractivity contribution in [2.75, 3.05) is 23.3 Å². The normalized spacial score (nSPS) is 14.7. The number of nitrogens with zero attached hydrogens (tertiary/aromatic N) is 3. The molecular weight excluding hydrogens is 354 g/mol. The minimum absolute atomic E-state index is 0.0380. The van der Waals surface area contributed by atoms with Crippen LogP contribution in [0.1, 0.15) is 6.92 Å². The molecule has 1 fully saturated rings. The molecule has 0 unspecified atom stereocenters. The van der Waals surface area contributed by atoms with Crippen molar-refractivity contribution < 1.29 is 22.4 Å². The molecule has 2 N–H and O–H groups in total. The quantitative estimate of drug-likeness (QED) is 0.640. The van der Waals surface area contributed by atoms with E-state index in [1.54, 1.807) is 6.07 Å². The molecule has 0 radical (unpaired) electrons. The van der Waals surface area contributed by atoms with Gasteiger partial charge in [0.05, 0.1) is 17.4 Å². The fourth-order valence-electron chi connectivity index (χ4n) is 2.65. The summed E-state index contributed by atoms with van der Waals surface area (Å²) in [6.45, 7) is 2.61. The van der Waals surface area contributed by atoms with Crippen LogP contribution >= 0.6 is 0 Å². The fourth-order valence-corrected chi connectivity index (χ4v) is 2.65. The van der Waals surface area contributed by atoms with Crippen molar-refractivity contribution in [3.63, 3.8) is 0 Å². The van der Waals surface area contributed by atoms with Gasteiger partial charge in [-0.3, -0.25) is 10.1 Å². The van der Waals surface area contributed by atoms with Crippen molar-refractivity contribution in [2.45, 2.75) is 19.3 Å². The summed E-state index contributed by atoms with van der Waals surface area (Å²) in [6, 6.07) is 5.00. The maximum absolute atomic E-state index is 13.9. The highest BCUT2D eigenvalue weighted by atomic mass is 19.4. The SMILES string of the molecule is CC(=O)NC1CN(c2cc(-c3ccc(NC(F)(F)F)c(F)c3)ncn2)C1. The number of aromatic nitrogens is 2. The van der Waals surface area contributed by atoms with Gasteiger partial charge in [-0.15, -0.1) is 0 Å². The number of carbonyl (C=O) groups excluding carboxylic acids is 1. The molecule has 0 bridgehead atoms. The van der Waals surface area contributed by atoms with Gasteiger partial charge >= 0.3 is 6.30 Å². The third-order valence-corrected chi connectivity index (χ3v) is 3.81. The third-order valence-electron chi connectivity index (χ3n) is 3.81. The van der Waals surface area contributed by atoms with Gasteiger partial charge in [0.2, 0.25) is 5.91 Å². The number of hydrogen-bond acceptors (Lipinski definition) is 5. The Kier molecular flexibility index (Phi) is 4.66. The summed E-state index contributed by atoms with van der Waals surface area (Å²) in [5, 5.41) is 3.93. The van der Waals surface area contributed by atoms with E-state index < -0.39 is 17.8 Å². The molecule has 1 aromatic heterocycles. The number of carbonyl (C=O) groups is 1. The smallest absolute Gasteiger partial charge is 0.352 e. The van der Waals surface area contributed by atoms with Crippen molar-refractivity contribution in [1.82, 2.24) is 15.3 Å². The lowest BCUT2D eigenvalue weighted by molar-refractivity contribution is -0.119. The monoisotopic (exact) mass is 369 g/mol. The standard InChI is InChI=1S/C16H15F4N5O/c1-9(26)23-11-6-25(7-11)15-5-14(21-8-22-15)10-2-3-13(12(17)4-10)24-16(18,19)20/h2-5,8,11,24H,6-7H2,1H3,(H,23,26). The topological polar surface area (TPSA) is 70.2 Å². The van der Waals surface area contributed by atoms with Gasteiger partial charge in [-0.1, -0.05) is 6.07 Å². The molecule has 3 rings (SSSR count). The zero-order chi connectivity index (χ0) is 18.9. The highest BCUT2D eigenvalue weighted by Crippen LogP contribution is 2.28. The lowest BCUT2D eigenvalue weighted by atomic mass is 10.1. The zero-order valence-electron chi connectivity index (χ0n) is 13.6. The fraction of sp³-hybridized carbons (Fsp3) is 0.312. The lowest BCUT2D eigenvalue weighted by Gasteiger charge is -2.40. The van der Waals surface area contributed by atoms with Gasteiger partial charge in [0.1, 0.15) is 18.0 Å². The largest absolute Gasteiger partial charge is 0.482 e. The molecule has 1 aromatic carbocycles. The summed E-state index contributed by atoms with van der Waals surface area (Å²) in [5.74, 6) is -0.551. The van der Waals surface area contributed by atoms with Crippen LogP contribution in [0, 0.1) is 5.82 Å². The molecule has 1 aliphatic heterocycles. The van der Waals surface area contributed by atoms with Crippen LogP contribution in [0.3, 0.4) is 0 Å². The Morgan fingerprint density at radius 2 is 1.96 bits per heavy atom. The predicted octanol–water partition coefficient (Wildman–Crippen LogP) is 2.54. The Morgan fingerprint density at radius 3 is 2.58 bits per heavy atom. The third kappa shape index (κ3) is 4.19. The molecule has 0 aliphatic carbocycles. The van der Waals surface area contributed by atoms with E-state index in [2.05, 4.69) is 15.3 Å². The Hall–Kier alpha value is -2.91. The van der Waals surface area contributed by atoms with Gasteiger partial charge in [-0.2, -0.15) is 13.2 Å². The number of anilines is 2. The van der Waals surface area contributed by atoms with E-state index in [-0.39, 0.29) is 11.9 Å². The van der Waals surface area contributed by atoms with Crippen LogP contribution in [0.25, 0.3) is 11.3 Å². The summed E-state index contributed by atoms with van der Waals surface area (Å²) in [5.41, 5.74) is 0.0599. The second-order valence-electron chi connectivity index (χ2n) is 5.88. The molecule has 1 amide bonds. The second-order valence-corrected chi connectivity index (χ2v) is 5.88. The Bertz CT molecular complexity index is 821. The van der Waals surface area contributed by atoms with Gasteiger partial charge in [0.15, 0.2) is 0 Å². The van der Waals surface area contributed by atoms with Crippen molar-refractivity contribution in [3.8, 4) is 11.3 Å². The Labute approximate surface area is 146 Å². The van der Waals surface area contributed by atoms with E-state index in [4.69, 9.17) is 0 Å². The maximum atomic E-state index is 13.9. The number of halogens is 4. The zero-order valence-corrected chi connectivity index (χ0v) is 13.6. The summed E-state index contributed by atoms with van der Waals surface area (Å²) in [6.07, 6.45) is -3.41. The highest BCUT2D eigenvalue weighted by molar-refractivity contribution is 5.74. The minimum atomic E-state index is -4.72. The number of nitrogens with one attached hydrogen (secondary N) is 2. The van der Waals surface area contributed by atoms with Crippen molar-refractivity contribution in [2.24, 2.45) is 0 Å². The van der Waals surface area contributed by atoms with Crippen molar-refractivity contribution in [1.29, 1.82) is 0 Å². The first-order chi connectivity index (χ1) is 12.2. The first-order valence-electron chi connectivity index (χ1n) is 7.70.